The number of aryl methyl sites for hydroxylation is 1. The Morgan fingerprint density at radius 3 is 1.91 bits per heavy atom. The summed E-state index contributed by atoms with van der Waals surface area (Å²) in [5, 5.41) is 11.1. The summed E-state index contributed by atoms with van der Waals surface area (Å²) in [5.41, 5.74) is 0.432. The average Bonchev–Trinajstić information content (AvgIpc) is 2.60. The van der Waals surface area contributed by atoms with Crippen LogP contribution < -0.4 is 14.2 Å². The normalized spacial score (nSPS) is 12.9. The quantitative estimate of drug-likeness (QED) is 0.863. The second-order valence-electron chi connectivity index (χ2n) is 5.11. The van der Waals surface area contributed by atoms with Crippen molar-refractivity contribution in [1.29, 1.82) is 0 Å². The first-order valence-electron chi connectivity index (χ1n) is 7.08. The van der Waals surface area contributed by atoms with E-state index >= 15 is 0 Å². The summed E-state index contributed by atoms with van der Waals surface area (Å²) in [6, 6.07) is 10.5. The van der Waals surface area contributed by atoms with Crippen LogP contribution in [0.4, 0.5) is 0 Å². The molecule has 0 bridgehead atoms. The van der Waals surface area contributed by atoms with Crippen molar-refractivity contribution in [2.24, 2.45) is 0 Å². The van der Waals surface area contributed by atoms with Gasteiger partial charge in [0.05, 0.1) is 21.3 Å². The van der Waals surface area contributed by atoms with E-state index in [9.17, 15) is 5.11 Å². The van der Waals surface area contributed by atoms with Crippen molar-refractivity contribution < 1.29 is 19.3 Å². The SMILES string of the molecule is C#CC(O)(c1ccc(C)c(OC)c1)c1ccc(OC)c(OC)c1. The molecular formula is C19H20O4. The van der Waals surface area contributed by atoms with Crippen LogP contribution in [0.15, 0.2) is 36.4 Å². The Bertz CT molecular complexity index is 746. The molecule has 2 aromatic carbocycles. The highest BCUT2D eigenvalue weighted by atomic mass is 16.5. The molecule has 0 radical (unpaired) electrons. The number of rotatable bonds is 5. The number of terminal acetylenes is 1. The average molecular weight is 312 g/mol. The molecule has 0 amide bonds. The van der Waals surface area contributed by atoms with Gasteiger partial charge in [-0.1, -0.05) is 24.1 Å². The maximum absolute atomic E-state index is 11.1. The second kappa shape index (κ2) is 6.64. The van der Waals surface area contributed by atoms with E-state index in [0.717, 1.165) is 5.56 Å². The lowest BCUT2D eigenvalue weighted by molar-refractivity contribution is 0.144. The van der Waals surface area contributed by atoms with Gasteiger partial charge in [0.15, 0.2) is 17.1 Å². The molecule has 1 unspecified atom stereocenters. The van der Waals surface area contributed by atoms with Crippen molar-refractivity contribution in [1.82, 2.24) is 0 Å². The Morgan fingerprint density at radius 1 is 0.870 bits per heavy atom. The van der Waals surface area contributed by atoms with Gasteiger partial charge in [-0.15, -0.1) is 6.42 Å². The van der Waals surface area contributed by atoms with Gasteiger partial charge in [0.2, 0.25) is 0 Å². The molecule has 2 rings (SSSR count). The molecule has 120 valence electrons. The van der Waals surface area contributed by atoms with E-state index < -0.39 is 5.60 Å². The Kier molecular flexibility index (Phi) is 4.83. The van der Waals surface area contributed by atoms with Crippen LogP contribution in [0, 0.1) is 19.3 Å². The molecule has 0 aliphatic rings. The topological polar surface area (TPSA) is 47.9 Å². The Hall–Kier alpha value is -2.64. The van der Waals surface area contributed by atoms with Gasteiger partial charge >= 0.3 is 0 Å². The minimum Gasteiger partial charge on any atom is -0.496 e. The van der Waals surface area contributed by atoms with Gasteiger partial charge in [0.25, 0.3) is 0 Å². The molecule has 0 aliphatic carbocycles. The third-order valence-electron chi connectivity index (χ3n) is 3.84. The molecule has 0 spiro atoms. The van der Waals surface area contributed by atoms with Crippen molar-refractivity contribution in [3.63, 3.8) is 0 Å². The lowest BCUT2D eigenvalue weighted by atomic mass is 9.86. The highest BCUT2D eigenvalue weighted by Crippen LogP contribution is 2.37. The smallest absolute Gasteiger partial charge is 0.176 e. The molecule has 0 aromatic heterocycles. The van der Waals surface area contributed by atoms with E-state index in [1.807, 2.05) is 13.0 Å². The zero-order valence-electron chi connectivity index (χ0n) is 13.7. The Morgan fingerprint density at radius 2 is 1.39 bits per heavy atom. The first-order valence-corrected chi connectivity index (χ1v) is 7.08. The van der Waals surface area contributed by atoms with Crippen LogP contribution in [0.1, 0.15) is 16.7 Å². The van der Waals surface area contributed by atoms with Crippen molar-refractivity contribution in [3.05, 3.63) is 53.1 Å². The predicted octanol–water partition coefficient (Wildman–Crippen LogP) is 2.89. The predicted molar refractivity (Wildman–Crippen MR) is 89.1 cm³/mol. The fourth-order valence-electron chi connectivity index (χ4n) is 2.44. The number of hydrogen-bond acceptors (Lipinski definition) is 4. The molecule has 1 atom stereocenters. The van der Waals surface area contributed by atoms with Crippen LogP contribution >= 0.6 is 0 Å². The molecule has 0 fully saturated rings. The molecule has 23 heavy (non-hydrogen) atoms. The Balaban J connectivity index is 2.59. The summed E-state index contributed by atoms with van der Waals surface area (Å²) in [6.07, 6.45) is 5.65. The standard InChI is InChI=1S/C19H20O4/c1-6-19(20,14-8-7-13(2)17(11-14)22-4)15-9-10-16(21-3)18(12-15)23-5/h1,7-12,20H,2-5H3. The molecule has 0 saturated heterocycles. The number of aliphatic hydroxyl groups is 1. The molecule has 0 aliphatic heterocycles. The largest absolute Gasteiger partial charge is 0.496 e. The molecule has 4 nitrogen and oxygen atoms in total. The maximum atomic E-state index is 11.1. The number of ether oxygens (including phenoxy) is 3. The fraction of sp³-hybridized carbons (Fsp3) is 0.263. The summed E-state index contributed by atoms with van der Waals surface area (Å²) < 4.78 is 15.8. The summed E-state index contributed by atoms with van der Waals surface area (Å²) in [4.78, 5) is 0. The first kappa shape index (κ1) is 16.7. The van der Waals surface area contributed by atoms with Gasteiger partial charge in [-0.05, 0) is 30.7 Å². The number of hydrogen-bond donors (Lipinski definition) is 1. The zero-order valence-corrected chi connectivity index (χ0v) is 13.7. The summed E-state index contributed by atoms with van der Waals surface area (Å²) in [5.74, 6) is 4.20. The highest BCUT2D eigenvalue weighted by molar-refractivity contribution is 5.52. The minimum absolute atomic E-state index is 0.498. The van der Waals surface area contributed by atoms with Gasteiger partial charge in [-0.25, -0.2) is 0 Å². The van der Waals surface area contributed by atoms with E-state index in [0.29, 0.717) is 28.4 Å². The van der Waals surface area contributed by atoms with Crippen molar-refractivity contribution >= 4 is 0 Å². The molecule has 4 heteroatoms. The number of methoxy groups -OCH3 is 3. The number of benzene rings is 2. The van der Waals surface area contributed by atoms with Crippen molar-refractivity contribution in [2.45, 2.75) is 12.5 Å². The van der Waals surface area contributed by atoms with E-state index in [-0.39, 0.29) is 0 Å². The van der Waals surface area contributed by atoms with Crippen molar-refractivity contribution in [3.8, 4) is 29.6 Å². The van der Waals surface area contributed by atoms with Crippen LogP contribution in [0.3, 0.4) is 0 Å². The summed E-state index contributed by atoms with van der Waals surface area (Å²) >= 11 is 0. The van der Waals surface area contributed by atoms with Gasteiger partial charge < -0.3 is 19.3 Å². The van der Waals surface area contributed by atoms with Crippen LogP contribution in [-0.2, 0) is 5.60 Å². The van der Waals surface area contributed by atoms with Crippen molar-refractivity contribution in [2.75, 3.05) is 21.3 Å². The maximum Gasteiger partial charge on any atom is 0.176 e. The lowest BCUT2D eigenvalue weighted by Crippen LogP contribution is -2.25. The van der Waals surface area contributed by atoms with E-state index in [2.05, 4.69) is 5.92 Å². The van der Waals surface area contributed by atoms with E-state index in [1.165, 1.54) is 7.11 Å². The summed E-state index contributed by atoms with van der Waals surface area (Å²) in [6.45, 7) is 1.92. The highest BCUT2D eigenvalue weighted by Gasteiger charge is 2.31. The molecule has 0 heterocycles. The molecule has 2 aromatic rings. The van der Waals surface area contributed by atoms with Gasteiger partial charge in [0.1, 0.15) is 5.75 Å². The van der Waals surface area contributed by atoms with E-state index in [1.54, 1.807) is 44.6 Å². The van der Waals surface area contributed by atoms with Crippen LogP contribution in [0.5, 0.6) is 17.2 Å². The molecule has 0 saturated carbocycles. The zero-order chi connectivity index (χ0) is 17.0. The molecular weight excluding hydrogens is 292 g/mol. The minimum atomic E-state index is -1.60. The Labute approximate surface area is 136 Å². The van der Waals surface area contributed by atoms with Gasteiger partial charge in [0, 0.05) is 11.1 Å². The van der Waals surface area contributed by atoms with E-state index in [4.69, 9.17) is 20.6 Å². The first-order chi connectivity index (χ1) is 11.0. The summed E-state index contributed by atoms with van der Waals surface area (Å²) in [7, 11) is 4.67. The lowest BCUT2D eigenvalue weighted by Gasteiger charge is -2.25. The van der Waals surface area contributed by atoms with Crippen LogP contribution in [0.25, 0.3) is 0 Å². The third-order valence-corrected chi connectivity index (χ3v) is 3.84. The van der Waals surface area contributed by atoms with Crippen LogP contribution in [0.2, 0.25) is 0 Å². The van der Waals surface area contributed by atoms with Gasteiger partial charge in [-0.3, -0.25) is 0 Å². The second-order valence-corrected chi connectivity index (χ2v) is 5.11. The molecule has 1 N–H and O–H groups in total. The third kappa shape index (κ3) is 2.96. The van der Waals surface area contributed by atoms with Gasteiger partial charge in [-0.2, -0.15) is 0 Å². The van der Waals surface area contributed by atoms with Crippen LogP contribution in [-0.4, -0.2) is 26.4 Å². The fourth-order valence-corrected chi connectivity index (χ4v) is 2.44. The monoisotopic (exact) mass is 312 g/mol.